The number of hydrogen-bond donors (Lipinski definition) is 1. The SMILES string of the molecule is CCCNCCCC(C)N(CC(C)C)C1CCCC1. The molecule has 0 aromatic heterocycles. The average Bonchev–Trinajstić information content (AvgIpc) is 2.89. The Balaban J connectivity index is 2.31. The van der Waals surface area contributed by atoms with E-state index in [0.29, 0.717) is 0 Å². The third-order valence-corrected chi connectivity index (χ3v) is 4.34. The van der Waals surface area contributed by atoms with Crippen LogP contribution < -0.4 is 5.32 Å². The van der Waals surface area contributed by atoms with Gasteiger partial charge in [-0.25, -0.2) is 0 Å². The summed E-state index contributed by atoms with van der Waals surface area (Å²) < 4.78 is 0. The van der Waals surface area contributed by atoms with Crippen molar-refractivity contribution in [3.8, 4) is 0 Å². The smallest absolute Gasteiger partial charge is 0.00981 e. The van der Waals surface area contributed by atoms with Crippen molar-refractivity contribution in [2.45, 2.75) is 84.7 Å². The summed E-state index contributed by atoms with van der Waals surface area (Å²) in [7, 11) is 0. The molecule has 0 amide bonds. The van der Waals surface area contributed by atoms with Gasteiger partial charge in [-0.1, -0.05) is 33.6 Å². The molecule has 19 heavy (non-hydrogen) atoms. The van der Waals surface area contributed by atoms with Gasteiger partial charge in [-0.05, 0) is 58.0 Å². The van der Waals surface area contributed by atoms with E-state index < -0.39 is 0 Å². The molecule has 1 aliphatic rings. The molecule has 0 bridgehead atoms. The molecule has 1 N–H and O–H groups in total. The molecule has 0 aromatic carbocycles. The Morgan fingerprint density at radius 3 is 2.37 bits per heavy atom. The fourth-order valence-electron chi connectivity index (χ4n) is 3.34. The van der Waals surface area contributed by atoms with Gasteiger partial charge in [-0.2, -0.15) is 0 Å². The Kier molecular flexibility index (Phi) is 8.72. The summed E-state index contributed by atoms with van der Waals surface area (Å²) in [6.45, 7) is 13.1. The van der Waals surface area contributed by atoms with Crippen LogP contribution in [-0.2, 0) is 0 Å². The van der Waals surface area contributed by atoms with Gasteiger partial charge in [-0.15, -0.1) is 0 Å². The van der Waals surface area contributed by atoms with Gasteiger partial charge in [0.2, 0.25) is 0 Å². The molecular weight excluding hydrogens is 232 g/mol. The summed E-state index contributed by atoms with van der Waals surface area (Å²) >= 11 is 0. The zero-order valence-corrected chi connectivity index (χ0v) is 13.8. The van der Waals surface area contributed by atoms with Crippen LogP contribution in [0.4, 0.5) is 0 Å². The second-order valence-electron chi connectivity index (χ2n) is 6.77. The summed E-state index contributed by atoms with van der Waals surface area (Å²) in [4.78, 5) is 2.82. The van der Waals surface area contributed by atoms with Crippen molar-refractivity contribution in [1.29, 1.82) is 0 Å². The van der Waals surface area contributed by atoms with Crippen LogP contribution in [0, 0.1) is 5.92 Å². The normalized spacial score (nSPS) is 18.6. The first-order chi connectivity index (χ1) is 9.15. The minimum absolute atomic E-state index is 0.758. The molecule has 0 radical (unpaired) electrons. The molecule has 0 heterocycles. The molecule has 1 unspecified atom stereocenters. The lowest BCUT2D eigenvalue weighted by molar-refractivity contribution is 0.120. The topological polar surface area (TPSA) is 15.3 Å². The van der Waals surface area contributed by atoms with E-state index >= 15 is 0 Å². The zero-order valence-electron chi connectivity index (χ0n) is 13.8. The second kappa shape index (κ2) is 9.77. The van der Waals surface area contributed by atoms with E-state index in [1.807, 2.05) is 0 Å². The molecule has 1 aliphatic carbocycles. The molecule has 0 saturated heterocycles. The molecule has 1 rings (SSSR count). The van der Waals surface area contributed by atoms with E-state index in [1.165, 1.54) is 64.6 Å². The van der Waals surface area contributed by atoms with Crippen molar-refractivity contribution in [3.63, 3.8) is 0 Å². The van der Waals surface area contributed by atoms with Crippen molar-refractivity contribution in [2.24, 2.45) is 5.92 Å². The van der Waals surface area contributed by atoms with Gasteiger partial charge in [0.25, 0.3) is 0 Å². The highest BCUT2D eigenvalue weighted by Gasteiger charge is 2.26. The lowest BCUT2D eigenvalue weighted by atomic mass is 10.0. The average molecular weight is 268 g/mol. The maximum Gasteiger partial charge on any atom is 0.00981 e. The molecular formula is C17H36N2. The van der Waals surface area contributed by atoms with Crippen molar-refractivity contribution >= 4 is 0 Å². The van der Waals surface area contributed by atoms with Gasteiger partial charge >= 0.3 is 0 Å². The van der Waals surface area contributed by atoms with Crippen molar-refractivity contribution in [1.82, 2.24) is 10.2 Å². The van der Waals surface area contributed by atoms with Crippen LogP contribution in [0.5, 0.6) is 0 Å². The standard InChI is InChI=1S/C17H36N2/c1-5-12-18-13-8-9-16(4)19(14-15(2)3)17-10-6-7-11-17/h15-18H,5-14H2,1-4H3. The minimum atomic E-state index is 0.758. The van der Waals surface area contributed by atoms with Crippen molar-refractivity contribution in [2.75, 3.05) is 19.6 Å². The zero-order chi connectivity index (χ0) is 14.1. The Bertz CT molecular complexity index is 209. The van der Waals surface area contributed by atoms with Crippen molar-refractivity contribution in [3.05, 3.63) is 0 Å². The minimum Gasteiger partial charge on any atom is -0.317 e. The molecule has 1 fully saturated rings. The summed E-state index contributed by atoms with van der Waals surface area (Å²) in [6.07, 6.45) is 9.68. The highest BCUT2D eigenvalue weighted by molar-refractivity contribution is 4.82. The first-order valence-corrected chi connectivity index (χ1v) is 8.61. The Morgan fingerprint density at radius 2 is 1.79 bits per heavy atom. The lowest BCUT2D eigenvalue weighted by Gasteiger charge is -2.36. The van der Waals surface area contributed by atoms with E-state index in [9.17, 15) is 0 Å². The number of nitrogens with one attached hydrogen (secondary N) is 1. The molecule has 1 saturated carbocycles. The third-order valence-electron chi connectivity index (χ3n) is 4.34. The fraction of sp³-hybridized carbons (Fsp3) is 1.00. The van der Waals surface area contributed by atoms with E-state index in [4.69, 9.17) is 0 Å². The first kappa shape index (κ1) is 17.0. The lowest BCUT2D eigenvalue weighted by Crippen LogP contribution is -2.43. The van der Waals surface area contributed by atoms with Gasteiger partial charge in [0.1, 0.15) is 0 Å². The van der Waals surface area contributed by atoms with E-state index in [2.05, 4.69) is 37.9 Å². The second-order valence-corrected chi connectivity index (χ2v) is 6.77. The van der Waals surface area contributed by atoms with Gasteiger partial charge in [0.05, 0.1) is 0 Å². The maximum absolute atomic E-state index is 3.52. The first-order valence-electron chi connectivity index (χ1n) is 8.61. The number of nitrogens with zero attached hydrogens (tertiary/aromatic N) is 1. The van der Waals surface area contributed by atoms with Crippen molar-refractivity contribution < 1.29 is 0 Å². The molecule has 2 heteroatoms. The van der Waals surface area contributed by atoms with Gasteiger partial charge < -0.3 is 5.32 Å². The van der Waals surface area contributed by atoms with E-state index in [0.717, 1.165) is 18.0 Å². The number of hydrogen-bond acceptors (Lipinski definition) is 2. The third kappa shape index (κ3) is 6.76. The summed E-state index contributed by atoms with van der Waals surface area (Å²) in [5, 5.41) is 3.52. The molecule has 114 valence electrons. The Labute approximate surface area is 121 Å². The molecule has 2 nitrogen and oxygen atoms in total. The summed E-state index contributed by atoms with van der Waals surface area (Å²) in [6, 6.07) is 1.63. The van der Waals surface area contributed by atoms with Crippen LogP contribution in [0.2, 0.25) is 0 Å². The molecule has 1 atom stereocenters. The van der Waals surface area contributed by atoms with E-state index in [1.54, 1.807) is 0 Å². The monoisotopic (exact) mass is 268 g/mol. The summed E-state index contributed by atoms with van der Waals surface area (Å²) in [5.41, 5.74) is 0. The van der Waals surface area contributed by atoms with Crippen LogP contribution in [0.25, 0.3) is 0 Å². The van der Waals surface area contributed by atoms with Crippen LogP contribution in [0.15, 0.2) is 0 Å². The highest BCUT2D eigenvalue weighted by atomic mass is 15.2. The van der Waals surface area contributed by atoms with Crippen LogP contribution in [0.1, 0.15) is 72.6 Å². The Hall–Kier alpha value is -0.0800. The van der Waals surface area contributed by atoms with E-state index in [-0.39, 0.29) is 0 Å². The van der Waals surface area contributed by atoms with Gasteiger partial charge in [-0.3, -0.25) is 4.90 Å². The van der Waals surface area contributed by atoms with Crippen LogP contribution in [-0.4, -0.2) is 36.6 Å². The molecule has 0 spiro atoms. The van der Waals surface area contributed by atoms with Crippen LogP contribution in [0.3, 0.4) is 0 Å². The van der Waals surface area contributed by atoms with Crippen LogP contribution >= 0.6 is 0 Å². The number of rotatable bonds is 10. The van der Waals surface area contributed by atoms with Gasteiger partial charge in [0, 0.05) is 18.6 Å². The fourth-order valence-corrected chi connectivity index (χ4v) is 3.34. The molecule has 0 aliphatic heterocycles. The quantitative estimate of drug-likeness (QED) is 0.601. The largest absolute Gasteiger partial charge is 0.317 e. The highest BCUT2D eigenvalue weighted by Crippen LogP contribution is 2.27. The predicted octanol–water partition coefficient (Wildman–Crippen LogP) is 4.06. The Morgan fingerprint density at radius 1 is 1.11 bits per heavy atom. The van der Waals surface area contributed by atoms with Gasteiger partial charge in [0.15, 0.2) is 0 Å². The summed E-state index contributed by atoms with van der Waals surface area (Å²) in [5.74, 6) is 0.793. The maximum atomic E-state index is 3.52. The predicted molar refractivity (Wildman–Crippen MR) is 85.7 cm³/mol. The molecule has 0 aromatic rings.